The van der Waals surface area contributed by atoms with Crippen LogP contribution in [0.25, 0.3) is 0 Å². The SMILES string of the molecule is CN(C)S(=O)(=O)Nc1cccc(C(=NN)c2ccccc2)c1. The number of hydrogen-bond acceptors (Lipinski definition) is 4. The van der Waals surface area contributed by atoms with Crippen LogP contribution in [-0.2, 0) is 10.2 Å². The quantitative estimate of drug-likeness (QED) is 0.499. The lowest BCUT2D eigenvalue weighted by molar-refractivity contribution is 0.527. The highest BCUT2D eigenvalue weighted by Gasteiger charge is 2.14. The van der Waals surface area contributed by atoms with Gasteiger partial charge >= 0.3 is 10.2 Å². The van der Waals surface area contributed by atoms with Crippen molar-refractivity contribution < 1.29 is 8.42 Å². The van der Waals surface area contributed by atoms with Gasteiger partial charge in [-0.1, -0.05) is 42.5 Å². The summed E-state index contributed by atoms with van der Waals surface area (Å²) in [6.45, 7) is 0. The summed E-state index contributed by atoms with van der Waals surface area (Å²) in [5, 5.41) is 3.83. The molecule has 0 aliphatic rings. The Morgan fingerprint density at radius 2 is 1.68 bits per heavy atom. The predicted octanol–water partition coefficient (Wildman–Crippen LogP) is 1.62. The van der Waals surface area contributed by atoms with Gasteiger partial charge in [-0.2, -0.15) is 17.8 Å². The van der Waals surface area contributed by atoms with E-state index in [1.807, 2.05) is 36.4 Å². The molecule has 2 aromatic rings. The standard InChI is InChI=1S/C15H18N4O2S/c1-19(2)22(20,21)18-14-10-6-9-13(11-14)15(17-16)12-7-4-3-5-8-12/h3-11,18H,16H2,1-2H3. The number of benzene rings is 2. The van der Waals surface area contributed by atoms with Crippen molar-refractivity contribution in [3.8, 4) is 0 Å². The van der Waals surface area contributed by atoms with Gasteiger partial charge in [0.2, 0.25) is 0 Å². The van der Waals surface area contributed by atoms with Crippen LogP contribution in [0.15, 0.2) is 59.7 Å². The van der Waals surface area contributed by atoms with E-state index >= 15 is 0 Å². The van der Waals surface area contributed by atoms with Gasteiger partial charge in [-0.05, 0) is 12.1 Å². The fourth-order valence-corrected chi connectivity index (χ4v) is 2.49. The van der Waals surface area contributed by atoms with Crippen molar-refractivity contribution in [3.05, 3.63) is 65.7 Å². The molecule has 0 aromatic heterocycles. The van der Waals surface area contributed by atoms with Crippen LogP contribution in [0.5, 0.6) is 0 Å². The second-order valence-electron chi connectivity index (χ2n) is 4.81. The molecule has 3 N–H and O–H groups in total. The Morgan fingerprint density at radius 3 is 2.27 bits per heavy atom. The van der Waals surface area contributed by atoms with E-state index in [1.165, 1.54) is 14.1 Å². The highest BCUT2D eigenvalue weighted by molar-refractivity contribution is 7.90. The maximum absolute atomic E-state index is 11.9. The Morgan fingerprint density at radius 1 is 1.05 bits per heavy atom. The number of nitrogens with two attached hydrogens (primary N) is 1. The zero-order valence-electron chi connectivity index (χ0n) is 12.4. The normalized spacial score (nSPS) is 12.4. The maximum Gasteiger partial charge on any atom is 0.301 e. The molecule has 0 aliphatic heterocycles. The summed E-state index contributed by atoms with van der Waals surface area (Å²) < 4.78 is 27.4. The maximum atomic E-state index is 11.9. The van der Waals surface area contributed by atoms with E-state index < -0.39 is 10.2 Å². The summed E-state index contributed by atoms with van der Waals surface area (Å²) in [5.41, 5.74) is 2.63. The summed E-state index contributed by atoms with van der Waals surface area (Å²) in [7, 11) is -0.630. The summed E-state index contributed by atoms with van der Waals surface area (Å²) in [4.78, 5) is 0. The Balaban J connectivity index is 2.36. The van der Waals surface area contributed by atoms with Gasteiger partial charge in [-0.3, -0.25) is 4.72 Å². The molecule has 0 heterocycles. The number of nitrogens with zero attached hydrogens (tertiary/aromatic N) is 2. The first-order valence-corrected chi connectivity index (χ1v) is 8.02. The van der Waals surface area contributed by atoms with Crippen LogP contribution in [0, 0.1) is 0 Å². The Hall–Kier alpha value is -2.38. The zero-order valence-corrected chi connectivity index (χ0v) is 13.2. The third-order valence-electron chi connectivity index (χ3n) is 3.04. The van der Waals surface area contributed by atoms with E-state index in [0.29, 0.717) is 11.4 Å². The van der Waals surface area contributed by atoms with Crippen LogP contribution in [0.1, 0.15) is 11.1 Å². The highest BCUT2D eigenvalue weighted by Crippen LogP contribution is 2.17. The first-order valence-electron chi connectivity index (χ1n) is 6.58. The second kappa shape index (κ2) is 6.59. The van der Waals surface area contributed by atoms with Crippen molar-refractivity contribution in [1.29, 1.82) is 0 Å². The Kier molecular flexibility index (Phi) is 4.79. The number of rotatable bonds is 5. The summed E-state index contributed by atoms with van der Waals surface area (Å²) in [5.74, 6) is 5.50. The minimum atomic E-state index is -3.55. The van der Waals surface area contributed by atoms with Crippen LogP contribution < -0.4 is 10.6 Å². The molecule has 0 spiro atoms. The second-order valence-corrected chi connectivity index (χ2v) is 6.70. The van der Waals surface area contributed by atoms with Crippen LogP contribution in [0.2, 0.25) is 0 Å². The fraction of sp³-hybridized carbons (Fsp3) is 0.133. The highest BCUT2D eigenvalue weighted by atomic mass is 32.2. The topological polar surface area (TPSA) is 87.8 Å². The van der Waals surface area contributed by atoms with Gasteiger partial charge in [0.05, 0.1) is 11.4 Å². The minimum Gasteiger partial charge on any atom is -0.323 e. The molecule has 0 atom stereocenters. The molecular weight excluding hydrogens is 300 g/mol. The number of hydrogen-bond donors (Lipinski definition) is 2. The van der Waals surface area contributed by atoms with Gasteiger partial charge in [0, 0.05) is 25.2 Å². The molecule has 0 bridgehead atoms. The minimum absolute atomic E-state index is 0.447. The van der Waals surface area contributed by atoms with E-state index in [9.17, 15) is 8.42 Å². The third kappa shape index (κ3) is 3.63. The van der Waals surface area contributed by atoms with Crippen molar-refractivity contribution in [2.24, 2.45) is 10.9 Å². The molecule has 7 heteroatoms. The molecule has 0 amide bonds. The molecule has 0 radical (unpaired) electrons. The van der Waals surface area contributed by atoms with Crippen molar-refractivity contribution in [2.45, 2.75) is 0 Å². The lowest BCUT2D eigenvalue weighted by atomic mass is 10.0. The molecule has 6 nitrogen and oxygen atoms in total. The van der Waals surface area contributed by atoms with Gasteiger partial charge in [-0.15, -0.1) is 0 Å². The van der Waals surface area contributed by atoms with Crippen molar-refractivity contribution >= 4 is 21.6 Å². The largest absolute Gasteiger partial charge is 0.323 e. The van der Waals surface area contributed by atoms with Gasteiger partial charge in [0.25, 0.3) is 0 Å². The molecule has 2 aromatic carbocycles. The smallest absolute Gasteiger partial charge is 0.301 e. The molecular formula is C15H18N4O2S. The number of anilines is 1. The van der Waals surface area contributed by atoms with E-state index in [1.54, 1.807) is 18.2 Å². The average Bonchev–Trinajstić information content (AvgIpc) is 2.49. The number of nitrogens with one attached hydrogen (secondary N) is 1. The Bertz CT molecular complexity index is 771. The monoisotopic (exact) mass is 318 g/mol. The lowest BCUT2D eigenvalue weighted by Crippen LogP contribution is -2.29. The van der Waals surface area contributed by atoms with E-state index in [2.05, 4.69) is 9.82 Å². The summed E-state index contributed by atoms with van der Waals surface area (Å²) >= 11 is 0. The summed E-state index contributed by atoms with van der Waals surface area (Å²) in [6.07, 6.45) is 0. The van der Waals surface area contributed by atoms with Crippen LogP contribution in [0.3, 0.4) is 0 Å². The van der Waals surface area contributed by atoms with Crippen LogP contribution >= 0.6 is 0 Å². The molecule has 0 saturated heterocycles. The van der Waals surface area contributed by atoms with E-state index in [4.69, 9.17) is 5.84 Å². The fourth-order valence-electron chi connectivity index (χ4n) is 1.88. The predicted molar refractivity (Wildman–Crippen MR) is 88.9 cm³/mol. The lowest BCUT2D eigenvalue weighted by Gasteiger charge is -2.14. The number of hydrazone groups is 1. The van der Waals surface area contributed by atoms with Gasteiger partial charge < -0.3 is 5.84 Å². The molecule has 0 unspecified atom stereocenters. The first-order chi connectivity index (χ1) is 10.4. The summed E-state index contributed by atoms with van der Waals surface area (Å²) in [6, 6.07) is 16.4. The van der Waals surface area contributed by atoms with Gasteiger partial charge in [-0.25, -0.2) is 0 Å². The van der Waals surface area contributed by atoms with Crippen molar-refractivity contribution in [2.75, 3.05) is 18.8 Å². The first kappa shape index (κ1) is 16.0. The molecule has 0 saturated carbocycles. The van der Waals surface area contributed by atoms with Gasteiger partial charge in [0.1, 0.15) is 0 Å². The molecule has 0 aliphatic carbocycles. The zero-order chi connectivity index (χ0) is 16.2. The molecule has 22 heavy (non-hydrogen) atoms. The average molecular weight is 318 g/mol. The van der Waals surface area contributed by atoms with Crippen molar-refractivity contribution in [3.63, 3.8) is 0 Å². The molecule has 116 valence electrons. The van der Waals surface area contributed by atoms with E-state index in [0.717, 1.165) is 15.4 Å². The Labute approximate surface area is 130 Å². The molecule has 2 rings (SSSR count). The van der Waals surface area contributed by atoms with Crippen LogP contribution in [0.4, 0.5) is 5.69 Å². The van der Waals surface area contributed by atoms with Crippen LogP contribution in [-0.4, -0.2) is 32.5 Å². The van der Waals surface area contributed by atoms with E-state index in [-0.39, 0.29) is 0 Å². The van der Waals surface area contributed by atoms with Gasteiger partial charge in [0.15, 0.2) is 0 Å². The third-order valence-corrected chi connectivity index (χ3v) is 4.49. The van der Waals surface area contributed by atoms with Crippen molar-refractivity contribution in [1.82, 2.24) is 4.31 Å². The molecule has 0 fully saturated rings.